The lowest BCUT2D eigenvalue weighted by atomic mass is 9.89. The molecule has 1 aromatic rings. The van der Waals surface area contributed by atoms with E-state index in [1.54, 1.807) is 23.4 Å². The van der Waals surface area contributed by atoms with Crippen LogP contribution in [0.3, 0.4) is 0 Å². The second-order valence-corrected chi connectivity index (χ2v) is 7.08. The van der Waals surface area contributed by atoms with Crippen molar-refractivity contribution in [1.29, 1.82) is 0 Å². The van der Waals surface area contributed by atoms with Crippen molar-refractivity contribution in [2.75, 3.05) is 5.32 Å². The lowest BCUT2D eigenvalue weighted by molar-refractivity contribution is -0.160. The number of aromatic nitrogens is 2. The van der Waals surface area contributed by atoms with Crippen LogP contribution in [0.1, 0.15) is 40.0 Å². The average molecular weight is 318 g/mol. The maximum absolute atomic E-state index is 12.5. The van der Waals surface area contributed by atoms with Crippen molar-refractivity contribution in [2.45, 2.75) is 57.7 Å². The third-order valence-electron chi connectivity index (χ3n) is 4.27. The van der Waals surface area contributed by atoms with Gasteiger partial charge in [-0.2, -0.15) is 0 Å². The second kappa shape index (κ2) is 5.79. The van der Waals surface area contributed by atoms with Gasteiger partial charge in [-0.15, -0.1) is 0 Å². The summed E-state index contributed by atoms with van der Waals surface area (Å²) in [6, 6.07) is 1.43. The summed E-state index contributed by atoms with van der Waals surface area (Å²) in [6.07, 6.45) is 5.57. The molecule has 7 nitrogen and oxygen atoms in total. The number of urea groups is 1. The standard InChI is InChI=1S/C16H22N4O3/c1-16(2,3)23-13(21)11-9-10-5-6-12(11)20(10)15(22)19-14-17-7-4-8-18-14/h4,7-8,10-12H,5-6,9H2,1-3H3,(H,17,18,19,22). The van der Waals surface area contributed by atoms with E-state index in [4.69, 9.17) is 4.74 Å². The summed E-state index contributed by atoms with van der Waals surface area (Å²) in [4.78, 5) is 34.7. The Labute approximate surface area is 135 Å². The molecule has 2 saturated heterocycles. The van der Waals surface area contributed by atoms with Gasteiger partial charge in [0, 0.05) is 24.5 Å². The molecule has 0 saturated carbocycles. The molecule has 2 aliphatic rings. The molecular weight excluding hydrogens is 296 g/mol. The fourth-order valence-corrected chi connectivity index (χ4v) is 3.46. The molecule has 7 heteroatoms. The molecule has 2 amide bonds. The van der Waals surface area contributed by atoms with E-state index < -0.39 is 5.60 Å². The number of hydrogen-bond donors (Lipinski definition) is 1. The van der Waals surface area contributed by atoms with Crippen LogP contribution in [0.5, 0.6) is 0 Å². The van der Waals surface area contributed by atoms with Gasteiger partial charge >= 0.3 is 12.0 Å². The molecule has 0 radical (unpaired) electrons. The van der Waals surface area contributed by atoms with Crippen LogP contribution in [-0.2, 0) is 9.53 Å². The maximum atomic E-state index is 12.5. The molecule has 3 unspecified atom stereocenters. The van der Waals surface area contributed by atoms with E-state index in [1.807, 2.05) is 20.8 Å². The largest absolute Gasteiger partial charge is 0.460 e. The van der Waals surface area contributed by atoms with Gasteiger partial charge in [0.15, 0.2) is 0 Å². The number of fused-ring (bicyclic) bond motifs is 2. The first-order valence-corrected chi connectivity index (χ1v) is 7.94. The summed E-state index contributed by atoms with van der Waals surface area (Å²) < 4.78 is 5.50. The van der Waals surface area contributed by atoms with Crippen molar-refractivity contribution in [1.82, 2.24) is 14.9 Å². The van der Waals surface area contributed by atoms with Crippen LogP contribution in [0.2, 0.25) is 0 Å². The monoisotopic (exact) mass is 318 g/mol. The lowest BCUT2D eigenvalue weighted by Gasteiger charge is -2.26. The molecular formula is C16H22N4O3. The highest BCUT2D eigenvalue weighted by Crippen LogP contribution is 2.42. The summed E-state index contributed by atoms with van der Waals surface area (Å²) in [7, 11) is 0. The molecule has 1 N–H and O–H groups in total. The Morgan fingerprint density at radius 1 is 1.26 bits per heavy atom. The molecule has 23 heavy (non-hydrogen) atoms. The van der Waals surface area contributed by atoms with Crippen molar-refractivity contribution in [2.24, 2.45) is 5.92 Å². The van der Waals surface area contributed by atoms with Crippen molar-refractivity contribution >= 4 is 17.9 Å². The van der Waals surface area contributed by atoms with Gasteiger partial charge in [0.2, 0.25) is 5.95 Å². The van der Waals surface area contributed by atoms with Gasteiger partial charge < -0.3 is 9.64 Å². The first-order valence-electron chi connectivity index (χ1n) is 7.94. The highest BCUT2D eigenvalue weighted by Gasteiger charge is 2.52. The Balaban J connectivity index is 1.68. The third-order valence-corrected chi connectivity index (χ3v) is 4.27. The Morgan fingerprint density at radius 3 is 2.61 bits per heavy atom. The molecule has 2 bridgehead atoms. The Bertz CT molecular complexity index is 599. The summed E-state index contributed by atoms with van der Waals surface area (Å²) in [5.74, 6) is -0.175. The van der Waals surface area contributed by atoms with Gasteiger partial charge in [0.1, 0.15) is 5.60 Å². The van der Waals surface area contributed by atoms with Gasteiger partial charge in [-0.1, -0.05) is 0 Å². The van der Waals surface area contributed by atoms with Crippen molar-refractivity contribution in [3.05, 3.63) is 18.5 Å². The number of anilines is 1. The molecule has 1 aromatic heterocycles. The first kappa shape index (κ1) is 15.7. The van der Waals surface area contributed by atoms with Crippen LogP contribution in [0.15, 0.2) is 18.5 Å². The topological polar surface area (TPSA) is 84.4 Å². The van der Waals surface area contributed by atoms with Crippen LogP contribution in [-0.4, -0.2) is 44.6 Å². The van der Waals surface area contributed by atoms with E-state index in [-0.39, 0.29) is 36.0 Å². The molecule has 0 aromatic carbocycles. The molecule has 2 fully saturated rings. The van der Waals surface area contributed by atoms with E-state index >= 15 is 0 Å². The summed E-state index contributed by atoms with van der Waals surface area (Å²) >= 11 is 0. The van der Waals surface area contributed by atoms with Gasteiger partial charge in [-0.05, 0) is 46.1 Å². The average Bonchev–Trinajstić information content (AvgIpc) is 3.04. The highest BCUT2D eigenvalue weighted by atomic mass is 16.6. The Hall–Kier alpha value is -2.18. The van der Waals surface area contributed by atoms with Gasteiger partial charge in [0.25, 0.3) is 0 Å². The van der Waals surface area contributed by atoms with E-state index in [2.05, 4.69) is 15.3 Å². The zero-order valence-corrected chi connectivity index (χ0v) is 13.7. The normalized spacial score (nSPS) is 26.2. The fourth-order valence-electron chi connectivity index (χ4n) is 3.46. The number of rotatable bonds is 2. The molecule has 2 aliphatic heterocycles. The predicted molar refractivity (Wildman–Crippen MR) is 83.7 cm³/mol. The summed E-state index contributed by atoms with van der Waals surface area (Å²) in [5.41, 5.74) is -0.510. The van der Waals surface area contributed by atoms with Gasteiger partial charge in [0.05, 0.1) is 5.92 Å². The minimum Gasteiger partial charge on any atom is -0.460 e. The van der Waals surface area contributed by atoms with E-state index in [0.29, 0.717) is 6.42 Å². The first-order chi connectivity index (χ1) is 10.8. The second-order valence-electron chi connectivity index (χ2n) is 7.08. The lowest BCUT2D eigenvalue weighted by Crippen LogP contribution is -2.41. The Morgan fingerprint density at radius 2 is 1.96 bits per heavy atom. The number of amides is 2. The summed E-state index contributed by atoms with van der Waals surface area (Å²) in [6.45, 7) is 5.57. The number of nitrogens with one attached hydrogen (secondary N) is 1. The molecule has 3 heterocycles. The number of hydrogen-bond acceptors (Lipinski definition) is 5. The zero-order chi connectivity index (χ0) is 16.6. The van der Waals surface area contributed by atoms with E-state index in [0.717, 1.165) is 12.8 Å². The number of carbonyl (C=O) groups is 2. The van der Waals surface area contributed by atoms with Crippen LogP contribution in [0.4, 0.5) is 10.7 Å². The van der Waals surface area contributed by atoms with Crippen molar-refractivity contribution in [3.8, 4) is 0 Å². The smallest absolute Gasteiger partial charge is 0.324 e. The van der Waals surface area contributed by atoms with Gasteiger partial charge in [-0.25, -0.2) is 14.8 Å². The minimum absolute atomic E-state index is 0.0845. The van der Waals surface area contributed by atoms with Crippen LogP contribution >= 0.6 is 0 Å². The van der Waals surface area contributed by atoms with E-state index in [9.17, 15) is 9.59 Å². The van der Waals surface area contributed by atoms with Crippen LogP contribution in [0.25, 0.3) is 0 Å². The number of esters is 1. The zero-order valence-electron chi connectivity index (χ0n) is 13.7. The third kappa shape index (κ3) is 3.28. The quantitative estimate of drug-likeness (QED) is 0.845. The number of carbonyl (C=O) groups excluding carboxylic acids is 2. The van der Waals surface area contributed by atoms with Crippen LogP contribution in [0, 0.1) is 5.92 Å². The molecule has 0 aliphatic carbocycles. The van der Waals surface area contributed by atoms with Crippen LogP contribution < -0.4 is 5.32 Å². The number of nitrogens with zero attached hydrogens (tertiary/aromatic N) is 3. The predicted octanol–water partition coefficient (Wildman–Crippen LogP) is 2.20. The van der Waals surface area contributed by atoms with Crippen molar-refractivity contribution in [3.63, 3.8) is 0 Å². The number of ether oxygens (including phenoxy) is 1. The molecule has 124 valence electrons. The van der Waals surface area contributed by atoms with E-state index in [1.165, 1.54) is 0 Å². The minimum atomic E-state index is -0.510. The van der Waals surface area contributed by atoms with Crippen molar-refractivity contribution < 1.29 is 14.3 Å². The highest BCUT2D eigenvalue weighted by molar-refractivity contribution is 5.89. The fraction of sp³-hybridized carbons (Fsp3) is 0.625. The molecule has 3 rings (SSSR count). The molecule has 0 spiro atoms. The SMILES string of the molecule is CC(C)(C)OC(=O)C1CC2CCC1N2C(=O)Nc1ncccn1. The van der Waals surface area contributed by atoms with Gasteiger partial charge in [-0.3, -0.25) is 10.1 Å². The summed E-state index contributed by atoms with van der Waals surface area (Å²) in [5, 5.41) is 2.71. The Kier molecular flexibility index (Phi) is 3.95. The molecule has 3 atom stereocenters. The maximum Gasteiger partial charge on any atom is 0.324 e.